The van der Waals surface area contributed by atoms with Crippen molar-refractivity contribution in [3.05, 3.63) is 89.2 Å². The van der Waals surface area contributed by atoms with Gasteiger partial charge in [0.05, 0.1) is 13.3 Å². The van der Waals surface area contributed by atoms with Crippen LogP contribution in [0.2, 0.25) is 0 Å². The number of hydrogen-bond acceptors (Lipinski definition) is 5. The molecule has 152 valence electrons. The van der Waals surface area contributed by atoms with Gasteiger partial charge in [-0.25, -0.2) is 9.82 Å². The molecule has 0 aliphatic rings. The van der Waals surface area contributed by atoms with Crippen molar-refractivity contribution in [2.75, 3.05) is 12.4 Å². The Labute approximate surface area is 171 Å². The first-order valence-electron chi connectivity index (χ1n) is 8.83. The van der Waals surface area contributed by atoms with Crippen LogP contribution in [0, 0.1) is 5.82 Å². The molecule has 0 bridgehead atoms. The molecule has 0 spiro atoms. The number of nitrogens with zero attached hydrogens (tertiary/aromatic N) is 1. The molecule has 0 aromatic heterocycles. The standard InChI is InChI=1S/C22H18FN3O4/c1-30-20-12-14(2-11-19(20)27)13-24-26-22(29)16-5-9-18(10-6-16)25-21(28)15-3-7-17(23)8-4-15/h2-13,27H,1H3,(H,25,28)(H,26,29)/b24-13+. The number of anilines is 1. The Morgan fingerprint density at radius 3 is 2.27 bits per heavy atom. The molecule has 7 nitrogen and oxygen atoms in total. The minimum absolute atomic E-state index is 0.00490. The maximum atomic E-state index is 12.9. The lowest BCUT2D eigenvalue weighted by Gasteiger charge is -2.06. The Kier molecular flexibility index (Phi) is 6.39. The number of ether oxygens (including phenoxy) is 1. The molecule has 0 saturated heterocycles. The summed E-state index contributed by atoms with van der Waals surface area (Å²) < 4.78 is 17.9. The van der Waals surface area contributed by atoms with Crippen LogP contribution in [-0.4, -0.2) is 30.2 Å². The first kappa shape index (κ1) is 20.5. The van der Waals surface area contributed by atoms with Crippen LogP contribution in [0.1, 0.15) is 26.3 Å². The van der Waals surface area contributed by atoms with Crippen LogP contribution >= 0.6 is 0 Å². The predicted molar refractivity (Wildman–Crippen MR) is 111 cm³/mol. The SMILES string of the molecule is COc1cc(/C=N/NC(=O)c2ccc(NC(=O)c3ccc(F)cc3)cc2)ccc1O. The Morgan fingerprint density at radius 2 is 1.60 bits per heavy atom. The molecular formula is C22H18FN3O4. The molecule has 3 N–H and O–H groups in total. The average Bonchev–Trinajstić information content (AvgIpc) is 2.75. The van der Waals surface area contributed by atoms with Gasteiger partial charge in [-0.1, -0.05) is 0 Å². The van der Waals surface area contributed by atoms with Gasteiger partial charge in [0, 0.05) is 16.8 Å². The number of hydrazone groups is 1. The predicted octanol–water partition coefficient (Wildman–Crippen LogP) is 3.56. The summed E-state index contributed by atoms with van der Waals surface area (Å²) in [6.07, 6.45) is 1.41. The number of phenols is 1. The van der Waals surface area contributed by atoms with E-state index < -0.39 is 11.7 Å². The quantitative estimate of drug-likeness (QED) is 0.430. The number of phenolic OH excluding ortho intramolecular Hbond substituents is 1. The third kappa shape index (κ3) is 5.20. The summed E-state index contributed by atoms with van der Waals surface area (Å²) in [6, 6.07) is 16.0. The van der Waals surface area contributed by atoms with Crippen LogP contribution in [-0.2, 0) is 0 Å². The Balaban J connectivity index is 1.58. The number of carbonyl (C=O) groups is 2. The van der Waals surface area contributed by atoms with E-state index in [1.165, 1.54) is 55.8 Å². The zero-order valence-corrected chi connectivity index (χ0v) is 15.9. The second-order valence-corrected chi connectivity index (χ2v) is 6.17. The van der Waals surface area contributed by atoms with Gasteiger partial charge in [0.1, 0.15) is 5.82 Å². The van der Waals surface area contributed by atoms with E-state index in [-0.39, 0.29) is 11.7 Å². The van der Waals surface area contributed by atoms with Crippen molar-refractivity contribution >= 4 is 23.7 Å². The van der Waals surface area contributed by atoms with Gasteiger partial charge in [-0.05, 0) is 72.3 Å². The van der Waals surface area contributed by atoms with Crippen LogP contribution in [0.4, 0.5) is 10.1 Å². The molecule has 3 rings (SSSR count). The average molecular weight is 407 g/mol. The number of methoxy groups -OCH3 is 1. The molecule has 2 amide bonds. The number of hydrogen-bond donors (Lipinski definition) is 3. The third-order valence-corrected chi connectivity index (χ3v) is 4.09. The summed E-state index contributed by atoms with van der Waals surface area (Å²) in [6.45, 7) is 0. The van der Waals surface area contributed by atoms with Crippen molar-refractivity contribution < 1.29 is 23.8 Å². The fraction of sp³-hybridized carbons (Fsp3) is 0.0455. The number of amides is 2. The summed E-state index contributed by atoms with van der Waals surface area (Å²) in [4.78, 5) is 24.3. The Morgan fingerprint density at radius 1 is 0.967 bits per heavy atom. The van der Waals surface area contributed by atoms with Crippen LogP contribution < -0.4 is 15.5 Å². The molecule has 3 aromatic carbocycles. The monoisotopic (exact) mass is 407 g/mol. The lowest BCUT2D eigenvalue weighted by atomic mass is 10.1. The number of benzene rings is 3. The molecule has 0 fully saturated rings. The van der Waals surface area contributed by atoms with Crippen molar-refractivity contribution in [3.8, 4) is 11.5 Å². The molecular weight excluding hydrogens is 389 g/mol. The fourth-order valence-corrected chi connectivity index (χ4v) is 2.51. The van der Waals surface area contributed by atoms with Crippen molar-refractivity contribution in [2.24, 2.45) is 5.10 Å². The zero-order chi connectivity index (χ0) is 21.5. The molecule has 0 heterocycles. The topological polar surface area (TPSA) is 100 Å². The number of carbonyl (C=O) groups excluding carboxylic acids is 2. The van der Waals surface area contributed by atoms with Gasteiger partial charge in [-0.15, -0.1) is 0 Å². The molecule has 0 atom stereocenters. The first-order chi connectivity index (χ1) is 14.5. The number of halogens is 1. The molecule has 3 aromatic rings. The van der Waals surface area contributed by atoms with Crippen LogP contribution in [0.25, 0.3) is 0 Å². The lowest BCUT2D eigenvalue weighted by molar-refractivity contribution is 0.0954. The zero-order valence-electron chi connectivity index (χ0n) is 15.9. The van der Waals surface area contributed by atoms with E-state index in [9.17, 15) is 19.1 Å². The van der Waals surface area contributed by atoms with E-state index in [0.29, 0.717) is 28.1 Å². The van der Waals surface area contributed by atoms with Gasteiger partial charge in [-0.2, -0.15) is 5.10 Å². The summed E-state index contributed by atoms with van der Waals surface area (Å²) in [5, 5.41) is 16.1. The molecule has 8 heteroatoms. The first-order valence-corrected chi connectivity index (χ1v) is 8.83. The van der Waals surface area contributed by atoms with Gasteiger partial charge in [0.2, 0.25) is 0 Å². The third-order valence-electron chi connectivity index (χ3n) is 4.09. The highest BCUT2D eigenvalue weighted by atomic mass is 19.1. The molecule has 0 aliphatic carbocycles. The minimum atomic E-state index is -0.437. The smallest absolute Gasteiger partial charge is 0.271 e. The second-order valence-electron chi connectivity index (χ2n) is 6.17. The molecule has 0 saturated carbocycles. The highest BCUT2D eigenvalue weighted by molar-refractivity contribution is 6.04. The van der Waals surface area contributed by atoms with Gasteiger partial charge < -0.3 is 15.2 Å². The van der Waals surface area contributed by atoms with E-state index in [1.807, 2.05) is 0 Å². The number of aromatic hydroxyl groups is 1. The van der Waals surface area contributed by atoms with Crippen molar-refractivity contribution in [2.45, 2.75) is 0 Å². The molecule has 0 unspecified atom stereocenters. The fourth-order valence-electron chi connectivity index (χ4n) is 2.51. The van der Waals surface area contributed by atoms with E-state index in [2.05, 4.69) is 15.8 Å². The normalized spacial score (nSPS) is 10.6. The number of rotatable bonds is 6. The summed E-state index contributed by atoms with van der Waals surface area (Å²) >= 11 is 0. The number of nitrogens with one attached hydrogen (secondary N) is 2. The van der Waals surface area contributed by atoms with Crippen LogP contribution in [0.3, 0.4) is 0 Å². The van der Waals surface area contributed by atoms with E-state index in [1.54, 1.807) is 24.3 Å². The lowest BCUT2D eigenvalue weighted by Crippen LogP contribution is -2.17. The molecule has 0 radical (unpaired) electrons. The highest BCUT2D eigenvalue weighted by Gasteiger charge is 2.08. The van der Waals surface area contributed by atoms with E-state index >= 15 is 0 Å². The van der Waals surface area contributed by atoms with Crippen molar-refractivity contribution in [3.63, 3.8) is 0 Å². The van der Waals surface area contributed by atoms with Gasteiger partial charge >= 0.3 is 0 Å². The van der Waals surface area contributed by atoms with Crippen LogP contribution in [0.15, 0.2) is 71.8 Å². The Hall–Kier alpha value is -4.20. The largest absolute Gasteiger partial charge is 0.504 e. The van der Waals surface area contributed by atoms with E-state index in [0.717, 1.165) is 0 Å². The second kappa shape index (κ2) is 9.33. The summed E-state index contributed by atoms with van der Waals surface area (Å²) in [5.41, 5.74) is 4.17. The summed E-state index contributed by atoms with van der Waals surface area (Å²) in [7, 11) is 1.43. The van der Waals surface area contributed by atoms with Gasteiger partial charge in [-0.3, -0.25) is 9.59 Å². The van der Waals surface area contributed by atoms with Crippen molar-refractivity contribution in [1.82, 2.24) is 5.43 Å². The minimum Gasteiger partial charge on any atom is -0.504 e. The highest BCUT2D eigenvalue weighted by Crippen LogP contribution is 2.25. The Bertz CT molecular complexity index is 1080. The molecule has 30 heavy (non-hydrogen) atoms. The summed E-state index contributed by atoms with van der Waals surface area (Å²) in [5.74, 6) is -0.947. The van der Waals surface area contributed by atoms with E-state index in [4.69, 9.17) is 4.74 Å². The van der Waals surface area contributed by atoms with Crippen molar-refractivity contribution in [1.29, 1.82) is 0 Å². The maximum Gasteiger partial charge on any atom is 0.271 e. The molecule has 0 aliphatic heterocycles. The maximum absolute atomic E-state index is 12.9. The van der Waals surface area contributed by atoms with Gasteiger partial charge in [0.15, 0.2) is 11.5 Å². The van der Waals surface area contributed by atoms with Gasteiger partial charge in [0.25, 0.3) is 11.8 Å². The van der Waals surface area contributed by atoms with Crippen LogP contribution in [0.5, 0.6) is 11.5 Å².